The molecule has 2 aliphatic rings. The van der Waals surface area contributed by atoms with Crippen LogP contribution in [0.15, 0.2) is 22.7 Å². The van der Waals surface area contributed by atoms with Gasteiger partial charge in [0.25, 0.3) is 0 Å². The summed E-state index contributed by atoms with van der Waals surface area (Å²) in [4.78, 5) is 16.3. The van der Waals surface area contributed by atoms with E-state index in [1.54, 1.807) is 4.90 Å². The van der Waals surface area contributed by atoms with Crippen LogP contribution >= 0.6 is 15.9 Å². The number of benzene rings is 1. The van der Waals surface area contributed by atoms with Gasteiger partial charge in [0, 0.05) is 39.1 Å². The molecule has 132 valence electrons. The molecule has 3 rings (SSSR count). The molecular formula is C18H25BrN2O3. The summed E-state index contributed by atoms with van der Waals surface area (Å²) in [6, 6.07) is 6.19. The number of carbonyl (C=O) groups excluding carboxylic acids is 1. The molecule has 2 heterocycles. The van der Waals surface area contributed by atoms with Crippen LogP contribution in [0.2, 0.25) is 0 Å². The van der Waals surface area contributed by atoms with E-state index in [0.29, 0.717) is 13.1 Å². The highest BCUT2D eigenvalue weighted by molar-refractivity contribution is 9.10. The molecule has 0 aliphatic carbocycles. The molecule has 24 heavy (non-hydrogen) atoms. The molecule has 1 aromatic carbocycles. The third-order valence-corrected chi connectivity index (χ3v) is 4.89. The maximum Gasteiger partial charge on any atom is 0.410 e. The van der Waals surface area contributed by atoms with E-state index >= 15 is 0 Å². The first-order valence-corrected chi connectivity index (χ1v) is 9.25. The van der Waals surface area contributed by atoms with Gasteiger partial charge in [0.2, 0.25) is 0 Å². The number of ether oxygens (including phenoxy) is 2. The number of nitrogens with zero attached hydrogens (tertiary/aromatic N) is 2. The van der Waals surface area contributed by atoms with Crippen LogP contribution in [-0.4, -0.2) is 60.3 Å². The molecule has 0 aromatic heterocycles. The molecule has 1 amide bonds. The van der Waals surface area contributed by atoms with Gasteiger partial charge in [-0.3, -0.25) is 4.90 Å². The maximum absolute atomic E-state index is 12.1. The third-order valence-electron chi connectivity index (χ3n) is 4.27. The number of para-hydroxylation sites is 1. The summed E-state index contributed by atoms with van der Waals surface area (Å²) in [5, 5.41) is 0. The molecule has 1 aromatic rings. The van der Waals surface area contributed by atoms with E-state index < -0.39 is 5.60 Å². The van der Waals surface area contributed by atoms with Gasteiger partial charge < -0.3 is 14.4 Å². The van der Waals surface area contributed by atoms with Crippen molar-refractivity contribution in [3.05, 3.63) is 28.2 Å². The number of fused-ring (bicyclic) bond motifs is 1. The van der Waals surface area contributed by atoms with E-state index in [1.807, 2.05) is 32.9 Å². The van der Waals surface area contributed by atoms with Crippen LogP contribution in [-0.2, 0) is 11.2 Å². The van der Waals surface area contributed by atoms with Gasteiger partial charge >= 0.3 is 6.09 Å². The van der Waals surface area contributed by atoms with Gasteiger partial charge in [-0.15, -0.1) is 0 Å². The molecule has 0 N–H and O–H groups in total. The highest BCUT2D eigenvalue weighted by atomic mass is 79.9. The number of piperazine rings is 1. The van der Waals surface area contributed by atoms with Gasteiger partial charge in [-0.1, -0.05) is 12.1 Å². The minimum Gasteiger partial charge on any atom is -0.487 e. The summed E-state index contributed by atoms with van der Waals surface area (Å²) >= 11 is 3.55. The highest BCUT2D eigenvalue weighted by Gasteiger charge is 2.30. The summed E-state index contributed by atoms with van der Waals surface area (Å²) < 4.78 is 12.6. The Bertz CT molecular complexity index is 607. The Morgan fingerprint density at radius 3 is 2.62 bits per heavy atom. The van der Waals surface area contributed by atoms with Crippen molar-refractivity contribution in [3.8, 4) is 5.75 Å². The average Bonchev–Trinajstić information content (AvgIpc) is 2.90. The van der Waals surface area contributed by atoms with E-state index in [-0.39, 0.29) is 12.2 Å². The Hall–Kier alpha value is -1.27. The van der Waals surface area contributed by atoms with E-state index in [0.717, 1.165) is 36.3 Å². The summed E-state index contributed by atoms with van der Waals surface area (Å²) in [6.45, 7) is 9.71. The fraction of sp³-hybridized carbons (Fsp3) is 0.611. The second-order valence-corrected chi connectivity index (χ2v) is 8.29. The SMILES string of the molecule is CC(C)(C)OC(=O)N1CCN(C[C@H]2Cc3cccc(Br)c3O2)CC1. The van der Waals surface area contributed by atoms with Gasteiger partial charge in [0.1, 0.15) is 17.5 Å². The molecule has 1 saturated heterocycles. The quantitative estimate of drug-likeness (QED) is 0.768. The van der Waals surface area contributed by atoms with Crippen LogP contribution in [0.4, 0.5) is 4.79 Å². The zero-order valence-electron chi connectivity index (χ0n) is 14.5. The highest BCUT2D eigenvalue weighted by Crippen LogP contribution is 2.36. The lowest BCUT2D eigenvalue weighted by Gasteiger charge is -2.36. The lowest BCUT2D eigenvalue weighted by Crippen LogP contribution is -2.51. The molecule has 0 bridgehead atoms. The number of hydrogen-bond acceptors (Lipinski definition) is 4. The van der Waals surface area contributed by atoms with Gasteiger partial charge in [-0.25, -0.2) is 4.79 Å². The number of amides is 1. The third kappa shape index (κ3) is 4.22. The van der Waals surface area contributed by atoms with Crippen molar-refractivity contribution in [2.45, 2.75) is 38.9 Å². The topological polar surface area (TPSA) is 42.0 Å². The summed E-state index contributed by atoms with van der Waals surface area (Å²) in [5.41, 5.74) is 0.826. The van der Waals surface area contributed by atoms with Gasteiger partial charge in [-0.05, 0) is 48.3 Å². The zero-order valence-corrected chi connectivity index (χ0v) is 16.1. The number of rotatable bonds is 2. The van der Waals surface area contributed by atoms with E-state index in [4.69, 9.17) is 9.47 Å². The molecule has 1 fully saturated rings. The Balaban J connectivity index is 1.47. The van der Waals surface area contributed by atoms with Crippen molar-refractivity contribution >= 4 is 22.0 Å². The van der Waals surface area contributed by atoms with Crippen molar-refractivity contribution in [2.75, 3.05) is 32.7 Å². The average molecular weight is 397 g/mol. The smallest absolute Gasteiger partial charge is 0.410 e. The zero-order chi connectivity index (χ0) is 17.3. The van der Waals surface area contributed by atoms with Crippen molar-refractivity contribution in [1.82, 2.24) is 9.80 Å². The van der Waals surface area contributed by atoms with Crippen LogP contribution in [0.3, 0.4) is 0 Å². The van der Waals surface area contributed by atoms with Crippen molar-refractivity contribution < 1.29 is 14.3 Å². The molecular weight excluding hydrogens is 372 g/mol. The Kier molecular flexibility index (Phi) is 5.06. The number of carbonyl (C=O) groups is 1. The first-order valence-electron chi connectivity index (χ1n) is 8.46. The second-order valence-electron chi connectivity index (χ2n) is 7.44. The maximum atomic E-state index is 12.1. The van der Waals surface area contributed by atoms with Gasteiger partial charge in [0.05, 0.1) is 4.47 Å². The summed E-state index contributed by atoms with van der Waals surface area (Å²) in [7, 11) is 0. The normalized spacial score (nSPS) is 21.3. The summed E-state index contributed by atoms with van der Waals surface area (Å²) in [6.07, 6.45) is 0.920. The number of halogens is 1. The Labute approximate surface area is 152 Å². The van der Waals surface area contributed by atoms with Crippen LogP contribution in [0.5, 0.6) is 5.75 Å². The van der Waals surface area contributed by atoms with Crippen molar-refractivity contribution in [2.24, 2.45) is 0 Å². The molecule has 0 unspecified atom stereocenters. The molecule has 0 saturated carbocycles. The van der Waals surface area contributed by atoms with E-state index in [1.165, 1.54) is 5.56 Å². The van der Waals surface area contributed by atoms with Crippen LogP contribution in [0.25, 0.3) is 0 Å². The van der Waals surface area contributed by atoms with Crippen LogP contribution in [0.1, 0.15) is 26.3 Å². The largest absolute Gasteiger partial charge is 0.487 e. The van der Waals surface area contributed by atoms with Gasteiger partial charge in [-0.2, -0.15) is 0 Å². The molecule has 5 nitrogen and oxygen atoms in total. The van der Waals surface area contributed by atoms with Gasteiger partial charge in [0.15, 0.2) is 0 Å². The first-order chi connectivity index (χ1) is 11.3. The summed E-state index contributed by atoms with van der Waals surface area (Å²) in [5.74, 6) is 0.981. The minimum atomic E-state index is -0.439. The Morgan fingerprint density at radius 2 is 2.00 bits per heavy atom. The predicted molar refractivity (Wildman–Crippen MR) is 96.5 cm³/mol. The molecule has 6 heteroatoms. The fourth-order valence-electron chi connectivity index (χ4n) is 3.13. The Morgan fingerprint density at radius 1 is 1.29 bits per heavy atom. The van der Waals surface area contributed by atoms with Crippen LogP contribution < -0.4 is 4.74 Å². The lowest BCUT2D eigenvalue weighted by molar-refractivity contribution is 0.0118. The molecule has 1 atom stereocenters. The molecule has 0 spiro atoms. The molecule has 2 aliphatic heterocycles. The fourth-order valence-corrected chi connectivity index (χ4v) is 3.63. The second kappa shape index (κ2) is 6.92. The minimum absolute atomic E-state index is 0.187. The van der Waals surface area contributed by atoms with E-state index in [2.05, 4.69) is 26.9 Å². The number of hydrogen-bond donors (Lipinski definition) is 0. The molecule has 0 radical (unpaired) electrons. The van der Waals surface area contributed by atoms with Crippen LogP contribution in [0, 0.1) is 0 Å². The first kappa shape index (κ1) is 17.5. The lowest BCUT2D eigenvalue weighted by atomic mass is 10.1. The van der Waals surface area contributed by atoms with Crippen molar-refractivity contribution in [1.29, 1.82) is 0 Å². The van der Waals surface area contributed by atoms with Crippen molar-refractivity contribution in [3.63, 3.8) is 0 Å². The van der Waals surface area contributed by atoms with E-state index in [9.17, 15) is 4.79 Å². The monoisotopic (exact) mass is 396 g/mol. The predicted octanol–water partition coefficient (Wildman–Crippen LogP) is 3.31. The standard InChI is InChI=1S/C18H25BrN2O3/c1-18(2,3)24-17(22)21-9-7-20(8-10-21)12-14-11-13-5-4-6-15(19)16(13)23-14/h4-6,14H,7-12H2,1-3H3/t14-/m1/s1.